The number of anilines is 1. The van der Waals surface area contributed by atoms with Crippen molar-refractivity contribution in [3.05, 3.63) is 29.8 Å². The van der Waals surface area contributed by atoms with Gasteiger partial charge >= 0.3 is 0 Å². The molecule has 0 spiro atoms. The van der Waals surface area contributed by atoms with Gasteiger partial charge in [0.15, 0.2) is 11.7 Å². The fourth-order valence-electron chi connectivity index (χ4n) is 1.49. The zero-order chi connectivity index (χ0) is 10.1. The Labute approximate surface area is 81.2 Å². The van der Waals surface area contributed by atoms with Crippen molar-refractivity contribution in [3.8, 4) is 0 Å². The van der Waals surface area contributed by atoms with E-state index in [1.165, 1.54) is 0 Å². The first-order valence-corrected chi connectivity index (χ1v) is 4.28. The number of hydrogen-bond donors (Lipinski definition) is 2. The van der Waals surface area contributed by atoms with Crippen molar-refractivity contribution >= 4 is 17.4 Å². The average Bonchev–Trinajstić information content (AvgIpc) is 2.49. The van der Waals surface area contributed by atoms with E-state index in [2.05, 4.69) is 0 Å². The van der Waals surface area contributed by atoms with Gasteiger partial charge in [-0.25, -0.2) is 0 Å². The third kappa shape index (κ3) is 1.35. The summed E-state index contributed by atoms with van der Waals surface area (Å²) in [6.45, 7) is 0.00781. The van der Waals surface area contributed by atoms with Crippen LogP contribution >= 0.6 is 0 Å². The molecule has 0 radical (unpaired) electrons. The smallest absolute Gasteiger partial charge is 0.196 e. The van der Waals surface area contributed by atoms with Crippen molar-refractivity contribution in [2.45, 2.75) is 5.92 Å². The van der Waals surface area contributed by atoms with Crippen LogP contribution in [0.2, 0.25) is 0 Å². The molecule has 2 rings (SSSR count). The zero-order valence-electron chi connectivity index (χ0n) is 7.49. The van der Waals surface area contributed by atoms with Gasteiger partial charge in [-0.3, -0.25) is 10.2 Å². The van der Waals surface area contributed by atoms with Crippen LogP contribution in [0.25, 0.3) is 0 Å². The largest absolute Gasteiger partial charge is 0.472 e. The van der Waals surface area contributed by atoms with Crippen LogP contribution in [0.4, 0.5) is 5.69 Å². The maximum atomic E-state index is 11.4. The SMILES string of the molecule is N=C1OCC(=O)C1c1ccc(N)cc1. The van der Waals surface area contributed by atoms with Gasteiger partial charge in [0.2, 0.25) is 0 Å². The van der Waals surface area contributed by atoms with Crippen LogP contribution in [0, 0.1) is 5.41 Å². The second-order valence-electron chi connectivity index (χ2n) is 3.22. The summed E-state index contributed by atoms with van der Waals surface area (Å²) in [6.07, 6.45) is 0. The number of carbonyl (C=O) groups is 1. The monoisotopic (exact) mass is 190 g/mol. The Balaban J connectivity index is 2.34. The van der Waals surface area contributed by atoms with Gasteiger partial charge in [0.1, 0.15) is 12.5 Å². The highest BCUT2D eigenvalue weighted by Crippen LogP contribution is 2.24. The lowest BCUT2D eigenvalue weighted by Crippen LogP contribution is -2.12. The first kappa shape index (κ1) is 8.74. The molecule has 1 fully saturated rings. The summed E-state index contributed by atoms with van der Waals surface area (Å²) in [5.74, 6) is -0.574. The molecule has 1 heterocycles. The molecular weight excluding hydrogens is 180 g/mol. The maximum absolute atomic E-state index is 11.4. The molecule has 0 aromatic heterocycles. The molecule has 1 saturated heterocycles. The van der Waals surface area contributed by atoms with Gasteiger partial charge in [0, 0.05) is 5.69 Å². The van der Waals surface area contributed by atoms with E-state index in [9.17, 15) is 4.79 Å². The Kier molecular flexibility index (Phi) is 1.96. The van der Waals surface area contributed by atoms with Crippen LogP contribution in [-0.4, -0.2) is 18.3 Å². The second-order valence-corrected chi connectivity index (χ2v) is 3.22. The van der Waals surface area contributed by atoms with Crippen molar-refractivity contribution in [2.24, 2.45) is 0 Å². The Morgan fingerprint density at radius 3 is 2.50 bits per heavy atom. The first-order chi connectivity index (χ1) is 6.68. The summed E-state index contributed by atoms with van der Waals surface area (Å²) in [4.78, 5) is 11.4. The van der Waals surface area contributed by atoms with Crippen LogP contribution in [0.5, 0.6) is 0 Å². The molecule has 1 aliphatic rings. The molecule has 1 aliphatic heterocycles. The normalized spacial score (nSPS) is 21.0. The molecule has 1 unspecified atom stereocenters. The molecule has 14 heavy (non-hydrogen) atoms. The van der Waals surface area contributed by atoms with Crippen LogP contribution in [0.3, 0.4) is 0 Å². The number of ketones is 1. The highest BCUT2D eigenvalue weighted by Gasteiger charge is 2.33. The summed E-state index contributed by atoms with van der Waals surface area (Å²) >= 11 is 0. The van der Waals surface area contributed by atoms with E-state index < -0.39 is 5.92 Å². The van der Waals surface area contributed by atoms with Crippen molar-refractivity contribution in [1.29, 1.82) is 5.41 Å². The van der Waals surface area contributed by atoms with Gasteiger partial charge < -0.3 is 10.5 Å². The van der Waals surface area contributed by atoms with Crippen LogP contribution in [0.1, 0.15) is 11.5 Å². The van der Waals surface area contributed by atoms with Crippen LogP contribution in [0.15, 0.2) is 24.3 Å². The minimum absolute atomic E-state index is 0.00781. The highest BCUT2D eigenvalue weighted by atomic mass is 16.5. The lowest BCUT2D eigenvalue weighted by molar-refractivity contribution is -0.118. The molecule has 0 aliphatic carbocycles. The molecular formula is C10H10N2O2. The second kappa shape index (κ2) is 3.14. The number of nitrogens with two attached hydrogens (primary N) is 1. The minimum Gasteiger partial charge on any atom is -0.472 e. The number of hydrogen-bond acceptors (Lipinski definition) is 4. The fraction of sp³-hybridized carbons (Fsp3) is 0.200. The van der Waals surface area contributed by atoms with Crippen molar-refractivity contribution < 1.29 is 9.53 Å². The number of Topliss-reactive ketones (excluding diaryl/α,β-unsaturated/α-hetero) is 1. The van der Waals surface area contributed by atoms with E-state index in [1.54, 1.807) is 24.3 Å². The molecule has 0 bridgehead atoms. The summed E-state index contributed by atoms with van der Waals surface area (Å²) in [6, 6.07) is 6.94. The van der Waals surface area contributed by atoms with Crippen molar-refractivity contribution in [2.75, 3.05) is 12.3 Å². The molecule has 0 saturated carbocycles. The zero-order valence-corrected chi connectivity index (χ0v) is 7.49. The highest BCUT2D eigenvalue weighted by molar-refractivity contribution is 6.10. The molecule has 1 aromatic carbocycles. The molecule has 1 aromatic rings. The molecule has 3 N–H and O–H groups in total. The standard InChI is InChI=1S/C10H10N2O2/c11-7-3-1-6(2-4-7)9-8(13)5-14-10(9)12/h1-4,9,12H,5,11H2. The minimum atomic E-state index is -0.532. The summed E-state index contributed by atoms with van der Waals surface area (Å²) in [7, 11) is 0. The van der Waals surface area contributed by atoms with E-state index in [0.29, 0.717) is 5.69 Å². The molecule has 4 nitrogen and oxygen atoms in total. The van der Waals surface area contributed by atoms with E-state index in [0.717, 1.165) is 5.56 Å². The number of nitrogen functional groups attached to an aromatic ring is 1. The Bertz CT molecular complexity index is 368. The third-order valence-corrected chi connectivity index (χ3v) is 2.22. The third-order valence-electron chi connectivity index (χ3n) is 2.22. The molecule has 0 amide bonds. The average molecular weight is 190 g/mol. The van der Waals surface area contributed by atoms with Gasteiger partial charge in [-0.1, -0.05) is 12.1 Å². The van der Waals surface area contributed by atoms with Crippen molar-refractivity contribution in [3.63, 3.8) is 0 Å². The summed E-state index contributed by atoms with van der Waals surface area (Å²) in [5, 5.41) is 7.45. The Hall–Kier alpha value is -1.84. The first-order valence-electron chi connectivity index (χ1n) is 4.28. The predicted octanol–water partition coefficient (Wildman–Crippen LogP) is 0.929. The van der Waals surface area contributed by atoms with Crippen LogP contribution < -0.4 is 5.73 Å². The number of nitrogens with one attached hydrogen (secondary N) is 1. The van der Waals surface area contributed by atoms with E-state index >= 15 is 0 Å². The number of rotatable bonds is 1. The van der Waals surface area contributed by atoms with Gasteiger partial charge in [-0.15, -0.1) is 0 Å². The topological polar surface area (TPSA) is 76.2 Å². The molecule has 72 valence electrons. The Morgan fingerprint density at radius 1 is 1.36 bits per heavy atom. The quantitative estimate of drug-likeness (QED) is 0.647. The van der Waals surface area contributed by atoms with Gasteiger partial charge in [0.25, 0.3) is 0 Å². The Morgan fingerprint density at radius 2 is 2.00 bits per heavy atom. The predicted molar refractivity (Wildman–Crippen MR) is 52.3 cm³/mol. The van der Waals surface area contributed by atoms with Gasteiger partial charge in [-0.05, 0) is 17.7 Å². The summed E-state index contributed by atoms with van der Waals surface area (Å²) < 4.78 is 4.86. The van der Waals surface area contributed by atoms with Gasteiger partial charge in [0.05, 0.1) is 0 Å². The van der Waals surface area contributed by atoms with Gasteiger partial charge in [-0.2, -0.15) is 0 Å². The van der Waals surface area contributed by atoms with Crippen molar-refractivity contribution in [1.82, 2.24) is 0 Å². The number of carbonyl (C=O) groups excluding carboxylic acids is 1. The van der Waals surface area contributed by atoms with E-state index in [-0.39, 0.29) is 18.3 Å². The summed E-state index contributed by atoms with van der Waals surface area (Å²) in [5.41, 5.74) is 6.94. The van der Waals surface area contributed by atoms with E-state index in [1.807, 2.05) is 0 Å². The fourth-order valence-corrected chi connectivity index (χ4v) is 1.49. The van der Waals surface area contributed by atoms with E-state index in [4.69, 9.17) is 15.9 Å². The number of benzene rings is 1. The molecule has 1 atom stereocenters. The lowest BCUT2D eigenvalue weighted by Gasteiger charge is -2.06. The lowest BCUT2D eigenvalue weighted by atomic mass is 9.96. The van der Waals surface area contributed by atoms with Crippen LogP contribution in [-0.2, 0) is 9.53 Å². The maximum Gasteiger partial charge on any atom is 0.196 e. The number of ether oxygens (including phenoxy) is 1. The molecule has 4 heteroatoms.